The molecular weight excluding hydrogens is 522 g/mol. The van der Waals surface area contributed by atoms with E-state index in [1.165, 1.54) is 16.7 Å². The second kappa shape index (κ2) is 10.6. The second-order valence-corrected chi connectivity index (χ2v) is 10.7. The number of hydrogen-bond acceptors (Lipinski definition) is 2. The lowest BCUT2D eigenvalue weighted by Crippen LogP contribution is -1.99. The number of fused-ring (bicyclic) bond motifs is 3. The zero-order valence-corrected chi connectivity index (χ0v) is 23.4. The molecule has 202 valence electrons. The zero-order valence-electron chi connectivity index (χ0n) is 23.4. The first kappa shape index (κ1) is 25.0. The maximum atomic E-state index is 5.25. The van der Waals surface area contributed by atoms with Gasteiger partial charge >= 0.3 is 0 Å². The average molecular weight is 550 g/mol. The SMILES string of the molecule is c1ccc(-c2cccc(-c3ccc4c5c(-c6ccccc6)nc(-c6ccccc6)nc5n(-c5ccccc5)c4c3)c2)cc1. The van der Waals surface area contributed by atoms with Gasteiger partial charge in [-0.1, -0.05) is 140 Å². The molecule has 8 aromatic rings. The Morgan fingerprint density at radius 3 is 1.60 bits per heavy atom. The van der Waals surface area contributed by atoms with E-state index in [1.807, 2.05) is 24.3 Å². The van der Waals surface area contributed by atoms with Crippen LogP contribution in [0.3, 0.4) is 0 Å². The van der Waals surface area contributed by atoms with Crippen LogP contribution in [-0.4, -0.2) is 14.5 Å². The Morgan fingerprint density at radius 1 is 0.395 bits per heavy atom. The molecule has 6 aromatic carbocycles. The van der Waals surface area contributed by atoms with Crippen molar-refractivity contribution < 1.29 is 0 Å². The van der Waals surface area contributed by atoms with Gasteiger partial charge in [0.15, 0.2) is 5.82 Å². The Labute approximate surface area is 250 Å². The van der Waals surface area contributed by atoms with E-state index >= 15 is 0 Å². The lowest BCUT2D eigenvalue weighted by molar-refractivity contribution is 1.11. The first-order valence-corrected chi connectivity index (χ1v) is 14.5. The van der Waals surface area contributed by atoms with Crippen molar-refractivity contribution in [1.29, 1.82) is 0 Å². The van der Waals surface area contributed by atoms with E-state index in [2.05, 4.69) is 144 Å². The molecule has 43 heavy (non-hydrogen) atoms. The molecule has 0 unspecified atom stereocenters. The number of para-hydroxylation sites is 1. The molecule has 0 saturated heterocycles. The highest BCUT2D eigenvalue weighted by molar-refractivity contribution is 6.14. The summed E-state index contributed by atoms with van der Waals surface area (Å²) >= 11 is 0. The molecule has 8 rings (SSSR count). The maximum Gasteiger partial charge on any atom is 0.162 e. The third-order valence-corrected chi connectivity index (χ3v) is 8.01. The molecule has 0 aliphatic carbocycles. The Kier molecular flexibility index (Phi) is 6.12. The molecule has 0 fully saturated rings. The summed E-state index contributed by atoms with van der Waals surface area (Å²) in [6.07, 6.45) is 0. The largest absolute Gasteiger partial charge is 0.294 e. The molecule has 0 N–H and O–H groups in total. The van der Waals surface area contributed by atoms with Crippen LogP contribution in [0.15, 0.2) is 164 Å². The van der Waals surface area contributed by atoms with Gasteiger partial charge in [0, 0.05) is 22.2 Å². The van der Waals surface area contributed by atoms with Gasteiger partial charge in [0.25, 0.3) is 0 Å². The minimum Gasteiger partial charge on any atom is -0.294 e. The monoisotopic (exact) mass is 549 g/mol. The number of hydrogen-bond donors (Lipinski definition) is 0. The summed E-state index contributed by atoms with van der Waals surface area (Å²) in [6.45, 7) is 0. The zero-order chi connectivity index (χ0) is 28.6. The van der Waals surface area contributed by atoms with Gasteiger partial charge in [-0.25, -0.2) is 9.97 Å². The molecule has 0 radical (unpaired) electrons. The van der Waals surface area contributed by atoms with Crippen molar-refractivity contribution in [3.8, 4) is 50.6 Å². The second-order valence-electron chi connectivity index (χ2n) is 10.7. The van der Waals surface area contributed by atoms with E-state index in [0.29, 0.717) is 5.82 Å². The van der Waals surface area contributed by atoms with Crippen LogP contribution in [0, 0.1) is 0 Å². The van der Waals surface area contributed by atoms with Crippen molar-refractivity contribution in [2.24, 2.45) is 0 Å². The van der Waals surface area contributed by atoms with Gasteiger partial charge in [0.05, 0.1) is 16.6 Å². The highest BCUT2D eigenvalue weighted by atomic mass is 15.1. The summed E-state index contributed by atoms with van der Waals surface area (Å²) in [7, 11) is 0. The smallest absolute Gasteiger partial charge is 0.162 e. The van der Waals surface area contributed by atoms with Crippen LogP contribution in [0.2, 0.25) is 0 Å². The third kappa shape index (κ3) is 4.48. The average Bonchev–Trinajstić information content (AvgIpc) is 3.43. The molecule has 0 atom stereocenters. The van der Waals surface area contributed by atoms with Gasteiger partial charge in [-0.3, -0.25) is 4.57 Å². The standard InChI is InChI=1S/C40H27N3/c1-5-14-28(15-6-1)31-20-13-21-32(26-31)33-24-25-35-36(27-33)43(34-22-11-4-12-23-34)40-37(35)38(29-16-7-2-8-17-29)41-39(42-40)30-18-9-3-10-19-30/h1-27H. The summed E-state index contributed by atoms with van der Waals surface area (Å²) in [4.78, 5) is 10.5. The fourth-order valence-electron chi connectivity index (χ4n) is 5.95. The summed E-state index contributed by atoms with van der Waals surface area (Å²) < 4.78 is 2.29. The number of benzene rings is 6. The number of rotatable bonds is 5. The first-order chi connectivity index (χ1) is 21.3. The van der Waals surface area contributed by atoms with Crippen LogP contribution < -0.4 is 0 Å². The molecule has 0 amide bonds. The van der Waals surface area contributed by atoms with Crippen molar-refractivity contribution >= 4 is 21.9 Å². The molecular formula is C40H27N3. The maximum absolute atomic E-state index is 5.25. The molecule has 2 heterocycles. The van der Waals surface area contributed by atoms with Crippen LogP contribution in [0.4, 0.5) is 0 Å². The molecule has 3 heteroatoms. The highest BCUT2D eigenvalue weighted by Crippen LogP contribution is 2.40. The minimum absolute atomic E-state index is 0.711. The van der Waals surface area contributed by atoms with Gasteiger partial charge in [0.1, 0.15) is 5.65 Å². The predicted molar refractivity (Wildman–Crippen MR) is 178 cm³/mol. The minimum atomic E-state index is 0.711. The summed E-state index contributed by atoms with van der Waals surface area (Å²) in [5.74, 6) is 0.711. The summed E-state index contributed by atoms with van der Waals surface area (Å²) in [5, 5.41) is 2.18. The van der Waals surface area contributed by atoms with Gasteiger partial charge in [-0.05, 0) is 46.5 Å². The molecule has 3 nitrogen and oxygen atoms in total. The Bertz CT molecular complexity index is 2200. The summed E-state index contributed by atoms with van der Waals surface area (Å²) in [6, 6.07) is 57.3. The normalized spacial score (nSPS) is 11.3. The topological polar surface area (TPSA) is 30.7 Å². The van der Waals surface area contributed by atoms with E-state index in [4.69, 9.17) is 9.97 Å². The van der Waals surface area contributed by atoms with Gasteiger partial charge in [-0.15, -0.1) is 0 Å². The lowest BCUT2D eigenvalue weighted by atomic mass is 9.98. The Balaban J connectivity index is 1.44. The van der Waals surface area contributed by atoms with Crippen LogP contribution in [0.25, 0.3) is 72.5 Å². The van der Waals surface area contributed by atoms with Gasteiger partial charge in [0.2, 0.25) is 0 Å². The van der Waals surface area contributed by atoms with Gasteiger partial charge < -0.3 is 0 Å². The number of nitrogens with zero attached hydrogens (tertiary/aromatic N) is 3. The van der Waals surface area contributed by atoms with E-state index in [1.54, 1.807) is 0 Å². The highest BCUT2D eigenvalue weighted by Gasteiger charge is 2.21. The molecule has 0 aliphatic heterocycles. The van der Waals surface area contributed by atoms with E-state index < -0.39 is 0 Å². The molecule has 0 bridgehead atoms. The van der Waals surface area contributed by atoms with Crippen LogP contribution in [0.5, 0.6) is 0 Å². The van der Waals surface area contributed by atoms with Gasteiger partial charge in [-0.2, -0.15) is 0 Å². The quantitative estimate of drug-likeness (QED) is 0.214. The van der Waals surface area contributed by atoms with Crippen LogP contribution in [0.1, 0.15) is 0 Å². The van der Waals surface area contributed by atoms with Crippen LogP contribution >= 0.6 is 0 Å². The van der Waals surface area contributed by atoms with Crippen molar-refractivity contribution in [3.63, 3.8) is 0 Å². The van der Waals surface area contributed by atoms with Crippen molar-refractivity contribution in [2.75, 3.05) is 0 Å². The predicted octanol–water partition coefficient (Wildman–Crippen LogP) is 10.2. The van der Waals surface area contributed by atoms with Crippen molar-refractivity contribution in [1.82, 2.24) is 14.5 Å². The Hall–Kier alpha value is -5.80. The third-order valence-electron chi connectivity index (χ3n) is 8.01. The fourth-order valence-corrected chi connectivity index (χ4v) is 5.95. The molecule has 0 spiro atoms. The number of aromatic nitrogens is 3. The van der Waals surface area contributed by atoms with Crippen molar-refractivity contribution in [2.45, 2.75) is 0 Å². The van der Waals surface area contributed by atoms with E-state index in [9.17, 15) is 0 Å². The van der Waals surface area contributed by atoms with Crippen LogP contribution in [-0.2, 0) is 0 Å². The molecule has 2 aromatic heterocycles. The summed E-state index contributed by atoms with van der Waals surface area (Å²) in [5.41, 5.74) is 10.8. The van der Waals surface area contributed by atoms with Crippen molar-refractivity contribution in [3.05, 3.63) is 164 Å². The molecule has 0 aliphatic rings. The molecule has 0 saturated carbocycles. The van der Waals surface area contributed by atoms with E-state index in [0.717, 1.165) is 50.0 Å². The lowest BCUT2D eigenvalue weighted by Gasteiger charge is -2.10. The Morgan fingerprint density at radius 2 is 0.930 bits per heavy atom. The van der Waals surface area contributed by atoms with E-state index in [-0.39, 0.29) is 0 Å². The fraction of sp³-hybridized carbons (Fsp3) is 0. The first-order valence-electron chi connectivity index (χ1n) is 14.5.